The molecule has 0 atom stereocenters. The third-order valence-electron chi connectivity index (χ3n) is 4.68. The summed E-state index contributed by atoms with van der Waals surface area (Å²) in [6, 6.07) is 5.63. The Morgan fingerprint density at radius 1 is 1.23 bits per heavy atom. The summed E-state index contributed by atoms with van der Waals surface area (Å²) in [7, 11) is 0. The Bertz CT molecular complexity index is 793. The Labute approximate surface area is 198 Å². The molecule has 0 aliphatic carbocycles. The number of carbonyl (C=O) groups excluding carboxylic acids is 1. The molecule has 1 saturated heterocycles. The van der Waals surface area contributed by atoms with Gasteiger partial charge in [-0.15, -0.1) is 13.1 Å². The molecule has 1 aliphatic heterocycles. The molecular formula is C20H29N5O3SW. The van der Waals surface area contributed by atoms with Crippen molar-refractivity contribution in [3.05, 3.63) is 45.9 Å². The second-order valence-corrected chi connectivity index (χ2v) is 7.34. The van der Waals surface area contributed by atoms with Gasteiger partial charge in [0.15, 0.2) is 0 Å². The van der Waals surface area contributed by atoms with Crippen molar-refractivity contribution in [1.82, 2.24) is 4.41 Å². The monoisotopic (exact) mass is 603 g/mol. The minimum absolute atomic E-state index is 0. The van der Waals surface area contributed by atoms with Crippen LogP contribution in [0.25, 0.3) is 5.32 Å². The fourth-order valence-electron chi connectivity index (χ4n) is 2.73. The first-order valence-corrected chi connectivity index (χ1v) is 9.64. The Kier molecular flexibility index (Phi) is 12.8. The van der Waals surface area contributed by atoms with Crippen LogP contribution in [0.2, 0.25) is 0 Å². The van der Waals surface area contributed by atoms with Crippen LogP contribution >= 0.6 is 0 Å². The van der Waals surface area contributed by atoms with E-state index in [2.05, 4.69) is 10.6 Å². The van der Waals surface area contributed by atoms with E-state index in [-0.39, 0.29) is 38.3 Å². The van der Waals surface area contributed by atoms with E-state index in [0.717, 1.165) is 41.5 Å². The summed E-state index contributed by atoms with van der Waals surface area (Å²) in [4.78, 5) is 22.6. The largest absolute Gasteiger partial charge is 2.00 e. The maximum Gasteiger partial charge on any atom is 2.00 e. The number of nitrogens with zero attached hydrogens (tertiary/aromatic N) is 2. The normalized spacial score (nSPS) is 14.3. The number of rotatable bonds is 5. The summed E-state index contributed by atoms with van der Waals surface area (Å²) in [5, 5.41) is 23.0. The Morgan fingerprint density at radius 3 is 2.20 bits per heavy atom. The van der Waals surface area contributed by atoms with Crippen LogP contribution in [0.5, 0.6) is 0 Å². The number of nitrogens with one attached hydrogen (secondary N) is 2. The van der Waals surface area contributed by atoms with Gasteiger partial charge in [-0.2, -0.15) is 0 Å². The molecule has 0 spiro atoms. The van der Waals surface area contributed by atoms with Gasteiger partial charge in [0, 0.05) is 17.1 Å². The number of carboxylic acid groups (broad SMARTS) is 1. The predicted octanol–water partition coefficient (Wildman–Crippen LogP) is 3.05. The zero-order valence-corrected chi connectivity index (χ0v) is 21.4. The van der Waals surface area contributed by atoms with Gasteiger partial charge in [-0.05, 0) is 51.0 Å². The van der Waals surface area contributed by atoms with E-state index in [9.17, 15) is 9.59 Å². The fourth-order valence-corrected chi connectivity index (χ4v) is 2.82. The van der Waals surface area contributed by atoms with Crippen LogP contribution in [0.4, 0.5) is 5.69 Å². The molecule has 1 amide bonds. The first kappa shape index (κ1) is 28.3. The topological polar surface area (TPSA) is 134 Å². The molecule has 164 valence electrons. The summed E-state index contributed by atoms with van der Waals surface area (Å²) in [6.07, 6.45) is 1.46. The van der Waals surface area contributed by atoms with E-state index >= 15 is 0 Å². The number of aryl methyl sites for hydroxylation is 2. The van der Waals surface area contributed by atoms with Gasteiger partial charge < -0.3 is 38.4 Å². The number of hydrogen-bond acceptors (Lipinski definition) is 6. The average Bonchev–Trinajstić information content (AvgIpc) is 2.65. The third kappa shape index (κ3) is 9.00. The maximum atomic E-state index is 12.3. The maximum absolute atomic E-state index is 12.3. The van der Waals surface area contributed by atoms with E-state index in [1.54, 1.807) is 6.92 Å². The molecule has 0 bridgehead atoms. The van der Waals surface area contributed by atoms with Gasteiger partial charge in [-0.25, -0.2) is 0 Å². The number of allylic oxidation sites excluding steroid dienone is 1. The summed E-state index contributed by atoms with van der Waals surface area (Å²) in [6.45, 7) is 8.58. The molecule has 1 aromatic carbocycles. The van der Waals surface area contributed by atoms with E-state index in [0.29, 0.717) is 11.4 Å². The molecule has 1 aliphatic rings. The predicted molar refractivity (Wildman–Crippen MR) is 117 cm³/mol. The molecule has 8 nitrogen and oxygen atoms in total. The molecule has 0 unspecified atom stereocenters. The Morgan fingerprint density at radius 2 is 1.80 bits per heavy atom. The van der Waals surface area contributed by atoms with Gasteiger partial charge in [0.2, 0.25) is 0 Å². The van der Waals surface area contributed by atoms with Crippen molar-refractivity contribution in [1.29, 1.82) is 5.41 Å². The molecule has 1 heterocycles. The molecule has 30 heavy (non-hydrogen) atoms. The zero-order chi connectivity index (χ0) is 22.1. The molecule has 5 N–H and O–H groups in total. The van der Waals surface area contributed by atoms with Gasteiger partial charge in [-0.1, -0.05) is 18.9 Å². The number of carbonyl (C=O) groups is 2. The molecule has 0 aromatic heterocycles. The van der Waals surface area contributed by atoms with Crippen molar-refractivity contribution in [3.63, 3.8) is 0 Å². The number of carboxylic acids is 1. The van der Waals surface area contributed by atoms with Gasteiger partial charge in [0.1, 0.15) is 0 Å². The molecule has 10 heteroatoms. The minimum atomic E-state index is -0.662. The molecule has 0 saturated carbocycles. The summed E-state index contributed by atoms with van der Waals surface area (Å²) in [5.41, 5.74) is 3.58. The average molecular weight is 603 g/mol. The molecule has 1 aromatic rings. The van der Waals surface area contributed by atoms with Crippen molar-refractivity contribution in [3.8, 4) is 0 Å². The smallest absolute Gasteiger partial charge is 0.662 e. The Balaban J connectivity index is 0.000000704. The quantitative estimate of drug-likeness (QED) is 0.135. The van der Waals surface area contributed by atoms with Crippen molar-refractivity contribution in [2.45, 2.75) is 40.5 Å². The Hall–Kier alpha value is -1.67. The van der Waals surface area contributed by atoms with E-state index in [4.69, 9.17) is 29.2 Å². The van der Waals surface area contributed by atoms with Crippen LogP contribution in [-0.2, 0) is 43.5 Å². The number of amides is 1. The van der Waals surface area contributed by atoms with Crippen molar-refractivity contribution < 1.29 is 35.8 Å². The van der Waals surface area contributed by atoms with E-state index < -0.39 is 11.9 Å². The van der Waals surface area contributed by atoms with E-state index in [1.165, 1.54) is 6.92 Å². The number of aliphatic carboxylic acids is 1. The number of hydrazine groups is 1. The van der Waals surface area contributed by atoms with Crippen LogP contribution in [-0.4, -0.2) is 40.2 Å². The fraction of sp³-hybridized carbons (Fsp3) is 0.450. The van der Waals surface area contributed by atoms with Crippen LogP contribution in [0.1, 0.15) is 37.8 Å². The standard InChI is InChI=1S/C14H19N4OS.C6H10NO2.W/c1-8-5-6-12(7-9(8)2)17-14(19)13(10(3)15)11(4)18(16)20;8-6(9)5-1-3-7-4-2-5;/h5-7,15H,16H2,1-4H3,(H,17,19);5H,1-4H2,(H,8,9);/q2*-1;+2/b13-11-,15-10?;;. The third-order valence-corrected chi connectivity index (χ3v) is 4.95. The first-order chi connectivity index (χ1) is 13.5. The molecule has 0 radical (unpaired) electrons. The van der Waals surface area contributed by atoms with Crippen molar-refractivity contribution >= 4 is 36.1 Å². The van der Waals surface area contributed by atoms with E-state index in [1.807, 2.05) is 32.0 Å². The molecule has 1 fully saturated rings. The zero-order valence-electron chi connectivity index (χ0n) is 17.7. The number of anilines is 1. The molecule has 2 rings (SSSR count). The van der Waals surface area contributed by atoms with Crippen LogP contribution in [0, 0.1) is 25.2 Å². The van der Waals surface area contributed by atoms with Crippen molar-refractivity contribution in [2.24, 2.45) is 11.8 Å². The number of benzene rings is 1. The number of hydrogen-bond donors (Lipinski definition) is 4. The minimum Gasteiger partial charge on any atom is -0.662 e. The van der Waals surface area contributed by atoms with Gasteiger partial charge in [0.25, 0.3) is 5.91 Å². The summed E-state index contributed by atoms with van der Waals surface area (Å²) in [5.74, 6) is 4.29. The van der Waals surface area contributed by atoms with Gasteiger partial charge in [0.05, 0.1) is 11.5 Å². The molecular weight excluding hydrogens is 574 g/mol. The number of piperidine rings is 1. The summed E-state index contributed by atoms with van der Waals surface area (Å²) < 4.78 is 0.924. The number of nitrogens with two attached hydrogens (primary N) is 1. The van der Waals surface area contributed by atoms with Crippen LogP contribution < -0.4 is 11.2 Å². The second-order valence-electron chi connectivity index (χ2n) is 6.95. The summed E-state index contributed by atoms with van der Waals surface area (Å²) >= 11 is 4.80. The van der Waals surface area contributed by atoms with Crippen LogP contribution in [0.3, 0.4) is 0 Å². The van der Waals surface area contributed by atoms with Gasteiger partial charge >= 0.3 is 27.0 Å². The van der Waals surface area contributed by atoms with Crippen LogP contribution in [0.15, 0.2) is 29.5 Å². The van der Waals surface area contributed by atoms with Gasteiger partial charge in [-0.3, -0.25) is 15.4 Å². The first-order valence-electron chi connectivity index (χ1n) is 9.27. The van der Waals surface area contributed by atoms with Crippen molar-refractivity contribution in [2.75, 3.05) is 18.4 Å². The SMILES string of the molecule is CC(=N)/C(C(=O)Nc1ccc(C)c(C)c1)=C(\C)N(N)[S-].O=C(O)C1CC[N-]CC1.[W+2]. The second kappa shape index (κ2) is 13.6.